The molecule has 19 heavy (non-hydrogen) atoms. The third-order valence-electron chi connectivity index (χ3n) is 3.10. The molecule has 0 heterocycles. The number of aryl methyl sites for hydroxylation is 1. The van der Waals surface area contributed by atoms with E-state index in [1.165, 1.54) is 11.1 Å². The predicted octanol–water partition coefficient (Wildman–Crippen LogP) is 4.41. The van der Waals surface area contributed by atoms with Crippen LogP contribution in [0.3, 0.4) is 0 Å². The van der Waals surface area contributed by atoms with Crippen molar-refractivity contribution in [2.75, 3.05) is 0 Å². The molecule has 2 aromatic carbocycles. The van der Waals surface area contributed by atoms with Gasteiger partial charge >= 0.3 is 0 Å². The van der Waals surface area contributed by atoms with Gasteiger partial charge in [0.05, 0.1) is 0 Å². The van der Waals surface area contributed by atoms with Crippen LogP contribution in [0.2, 0.25) is 10.0 Å². The summed E-state index contributed by atoms with van der Waals surface area (Å²) >= 11 is 12.1. The van der Waals surface area contributed by atoms with Crippen molar-refractivity contribution in [1.29, 1.82) is 0 Å². The highest BCUT2D eigenvalue weighted by Gasteiger charge is 2.08. The van der Waals surface area contributed by atoms with Crippen molar-refractivity contribution in [2.24, 2.45) is 5.73 Å². The molecule has 0 spiro atoms. The largest absolute Gasteiger partial charge is 0.327 e. The minimum atomic E-state index is 0.0568. The third kappa shape index (κ3) is 4.24. The molecule has 1 nitrogen and oxygen atoms in total. The molecule has 0 aliphatic heterocycles. The van der Waals surface area contributed by atoms with Gasteiger partial charge in [-0.2, -0.15) is 0 Å². The van der Waals surface area contributed by atoms with Crippen molar-refractivity contribution in [3.63, 3.8) is 0 Å². The summed E-state index contributed by atoms with van der Waals surface area (Å²) in [6.07, 6.45) is 1.60. The second-order valence-electron chi connectivity index (χ2n) is 4.89. The summed E-state index contributed by atoms with van der Waals surface area (Å²) in [5.41, 5.74) is 9.66. The maximum Gasteiger partial charge on any atom is 0.0441 e. The Morgan fingerprint density at radius 1 is 1.00 bits per heavy atom. The third-order valence-corrected chi connectivity index (χ3v) is 3.71. The van der Waals surface area contributed by atoms with Crippen molar-refractivity contribution < 1.29 is 0 Å². The van der Waals surface area contributed by atoms with Crippen molar-refractivity contribution in [2.45, 2.75) is 25.8 Å². The molecule has 0 aliphatic carbocycles. The molecular formula is C16H17Cl2N. The predicted molar refractivity (Wildman–Crippen MR) is 83.0 cm³/mol. The maximum atomic E-state index is 6.22. The molecule has 0 aliphatic rings. The molecule has 2 rings (SSSR count). The summed E-state index contributed by atoms with van der Waals surface area (Å²) in [5.74, 6) is 0. The maximum absolute atomic E-state index is 6.22. The standard InChI is InChI=1S/C16H17Cl2N/c1-11-2-5-13(16(18)8-11)10-15(19)9-12-3-6-14(17)7-4-12/h2-8,15H,9-10,19H2,1H3. The number of halogens is 2. The Labute approximate surface area is 124 Å². The SMILES string of the molecule is Cc1ccc(CC(N)Cc2ccc(Cl)cc2)c(Cl)c1. The van der Waals surface area contributed by atoms with Gasteiger partial charge in [0.2, 0.25) is 0 Å². The Hall–Kier alpha value is -1.02. The van der Waals surface area contributed by atoms with Gasteiger partial charge in [-0.1, -0.05) is 47.5 Å². The van der Waals surface area contributed by atoms with E-state index in [0.29, 0.717) is 0 Å². The minimum absolute atomic E-state index is 0.0568. The Morgan fingerprint density at radius 2 is 1.68 bits per heavy atom. The topological polar surface area (TPSA) is 26.0 Å². The zero-order valence-corrected chi connectivity index (χ0v) is 12.4. The molecule has 0 radical (unpaired) electrons. The van der Waals surface area contributed by atoms with Gasteiger partial charge in [0, 0.05) is 16.1 Å². The van der Waals surface area contributed by atoms with Gasteiger partial charge < -0.3 is 5.73 Å². The normalized spacial score (nSPS) is 12.4. The summed E-state index contributed by atoms with van der Waals surface area (Å²) in [7, 11) is 0. The van der Waals surface area contributed by atoms with Gasteiger partial charge in [0.15, 0.2) is 0 Å². The Balaban J connectivity index is 2.01. The highest BCUT2D eigenvalue weighted by atomic mass is 35.5. The zero-order valence-electron chi connectivity index (χ0n) is 10.9. The highest BCUT2D eigenvalue weighted by Crippen LogP contribution is 2.20. The molecule has 3 heteroatoms. The van der Waals surface area contributed by atoms with E-state index in [9.17, 15) is 0 Å². The van der Waals surface area contributed by atoms with Crippen LogP contribution < -0.4 is 5.73 Å². The number of hydrogen-bond donors (Lipinski definition) is 1. The summed E-state index contributed by atoms with van der Waals surface area (Å²) < 4.78 is 0. The van der Waals surface area contributed by atoms with Crippen LogP contribution in [0.4, 0.5) is 0 Å². The molecule has 2 aromatic rings. The van der Waals surface area contributed by atoms with Crippen LogP contribution in [0.1, 0.15) is 16.7 Å². The van der Waals surface area contributed by atoms with E-state index >= 15 is 0 Å². The van der Waals surface area contributed by atoms with Crippen molar-refractivity contribution in [3.8, 4) is 0 Å². The lowest BCUT2D eigenvalue weighted by Gasteiger charge is -2.13. The monoisotopic (exact) mass is 293 g/mol. The van der Waals surface area contributed by atoms with Crippen molar-refractivity contribution in [1.82, 2.24) is 0 Å². The minimum Gasteiger partial charge on any atom is -0.327 e. The van der Waals surface area contributed by atoms with Crippen molar-refractivity contribution >= 4 is 23.2 Å². The first-order chi connectivity index (χ1) is 9.04. The first-order valence-corrected chi connectivity index (χ1v) is 7.05. The smallest absolute Gasteiger partial charge is 0.0441 e. The van der Waals surface area contributed by atoms with E-state index in [2.05, 4.69) is 12.1 Å². The van der Waals surface area contributed by atoms with E-state index in [-0.39, 0.29) is 6.04 Å². The molecule has 0 bridgehead atoms. The molecule has 100 valence electrons. The summed E-state index contributed by atoms with van der Waals surface area (Å²) in [6, 6.07) is 14.0. The van der Waals surface area contributed by atoms with Crippen LogP contribution in [0.15, 0.2) is 42.5 Å². The van der Waals surface area contributed by atoms with Gasteiger partial charge in [-0.15, -0.1) is 0 Å². The average Bonchev–Trinajstić information content (AvgIpc) is 2.36. The first kappa shape index (κ1) is 14.4. The fourth-order valence-electron chi connectivity index (χ4n) is 2.10. The van der Waals surface area contributed by atoms with E-state index in [1.54, 1.807) is 0 Å². The Bertz CT molecular complexity index is 549. The fraction of sp³-hybridized carbons (Fsp3) is 0.250. The summed E-state index contributed by atoms with van der Waals surface area (Å²) in [6.45, 7) is 2.03. The van der Waals surface area contributed by atoms with Gasteiger partial charge in [-0.3, -0.25) is 0 Å². The zero-order chi connectivity index (χ0) is 13.8. The van der Waals surface area contributed by atoms with Gasteiger partial charge in [-0.05, 0) is 54.7 Å². The lowest BCUT2D eigenvalue weighted by Crippen LogP contribution is -2.25. The number of hydrogen-bond acceptors (Lipinski definition) is 1. The van der Waals surface area contributed by atoms with Gasteiger partial charge in [0.1, 0.15) is 0 Å². The van der Waals surface area contributed by atoms with Crippen LogP contribution in [-0.4, -0.2) is 6.04 Å². The molecule has 0 saturated carbocycles. The molecule has 1 unspecified atom stereocenters. The number of benzene rings is 2. The van der Waals surface area contributed by atoms with Gasteiger partial charge in [0.25, 0.3) is 0 Å². The van der Waals surface area contributed by atoms with E-state index in [1.807, 2.05) is 37.3 Å². The quantitative estimate of drug-likeness (QED) is 0.887. The molecule has 0 fully saturated rings. The first-order valence-electron chi connectivity index (χ1n) is 6.29. The molecule has 0 saturated heterocycles. The number of rotatable bonds is 4. The Morgan fingerprint density at radius 3 is 2.32 bits per heavy atom. The van der Waals surface area contributed by atoms with Crippen LogP contribution in [0, 0.1) is 6.92 Å². The molecule has 1 atom stereocenters. The van der Waals surface area contributed by atoms with Crippen LogP contribution in [0.5, 0.6) is 0 Å². The molecule has 2 N–H and O–H groups in total. The lowest BCUT2D eigenvalue weighted by molar-refractivity contribution is 0.665. The van der Waals surface area contributed by atoms with Crippen LogP contribution >= 0.6 is 23.2 Å². The average molecular weight is 294 g/mol. The summed E-state index contributed by atoms with van der Waals surface area (Å²) in [5, 5.41) is 1.55. The highest BCUT2D eigenvalue weighted by molar-refractivity contribution is 6.31. The number of nitrogens with two attached hydrogens (primary N) is 1. The van der Waals surface area contributed by atoms with Crippen molar-refractivity contribution in [3.05, 3.63) is 69.2 Å². The molecule has 0 amide bonds. The van der Waals surface area contributed by atoms with Crippen LogP contribution in [-0.2, 0) is 12.8 Å². The lowest BCUT2D eigenvalue weighted by atomic mass is 9.99. The van der Waals surface area contributed by atoms with E-state index in [4.69, 9.17) is 28.9 Å². The Kier molecular flexibility index (Phi) is 4.87. The molecular weight excluding hydrogens is 277 g/mol. The fourth-order valence-corrected chi connectivity index (χ4v) is 2.53. The van der Waals surface area contributed by atoms with Crippen LogP contribution in [0.25, 0.3) is 0 Å². The van der Waals surface area contributed by atoms with Gasteiger partial charge in [-0.25, -0.2) is 0 Å². The second-order valence-corrected chi connectivity index (χ2v) is 5.73. The second kappa shape index (κ2) is 6.42. The van der Waals surface area contributed by atoms with E-state index < -0.39 is 0 Å². The van der Waals surface area contributed by atoms with E-state index in [0.717, 1.165) is 28.5 Å². The summed E-state index contributed by atoms with van der Waals surface area (Å²) in [4.78, 5) is 0. The molecule has 0 aromatic heterocycles.